The van der Waals surface area contributed by atoms with Crippen LogP contribution in [0, 0.1) is 13.8 Å². The van der Waals surface area contributed by atoms with Gasteiger partial charge in [-0.3, -0.25) is 4.79 Å². The molecule has 1 amide bonds. The van der Waals surface area contributed by atoms with E-state index >= 15 is 0 Å². The number of carbonyl (C=O) groups excluding carboxylic acids is 1. The zero-order chi connectivity index (χ0) is 25.9. The van der Waals surface area contributed by atoms with E-state index in [1.54, 1.807) is 0 Å². The molecule has 37 heavy (non-hydrogen) atoms. The first-order valence-corrected chi connectivity index (χ1v) is 13.8. The van der Waals surface area contributed by atoms with Gasteiger partial charge in [0.1, 0.15) is 5.75 Å². The third kappa shape index (κ3) is 5.70. The Balaban J connectivity index is 1.36. The molecule has 2 heterocycles. The third-order valence-electron chi connectivity index (χ3n) is 5.91. The maximum Gasteiger partial charge on any atom is 0.239 e. The zero-order valence-corrected chi connectivity index (χ0v) is 22.8. The van der Waals surface area contributed by atoms with Gasteiger partial charge in [-0.05, 0) is 45.9 Å². The molecule has 0 fully saturated rings. The van der Waals surface area contributed by atoms with E-state index in [1.165, 1.54) is 34.2 Å². The van der Waals surface area contributed by atoms with Crippen LogP contribution in [-0.2, 0) is 4.79 Å². The smallest absolute Gasteiger partial charge is 0.239 e. The highest BCUT2D eigenvalue weighted by atomic mass is 32.2. The Morgan fingerprint density at radius 1 is 1.00 bits per heavy atom. The molecule has 188 valence electrons. The molecular formula is C29H28N4O2S2. The van der Waals surface area contributed by atoms with Gasteiger partial charge in [0.25, 0.3) is 0 Å². The lowest BCUT2D eigenvalue weighted by molar-refractivity contribution is -0.115. The Morgan fingerprint density at radius 3 is 2.35 bits per heavy atom. The van der Waals surface area contributed by atoms with E-state index in [4.69, 9.17) is 9.72 Å². The number of nitrogens with zero attached hydrogens (tertiary/aromatic N) is 2. The summed E-state index contributed by atoms with van der Waals surface area (Å²) in [5, 5.41) is 3.85. The topological polar surface area (TPSA) is 79.9 Å². The minimum absolute atomic E-state index is 0.126. The van der Waals surface area contributed by atoms with Gasteiger partial charge in [-0.25, -0.2) is 9.97 Å². The van der Waals surface area contributed by atoms with Gasteiger partial charge < -0.3 is 15.0 Å². The zero-order valence-electron chi connectivity index (χ0n) is 21.2. The van der Waals surface area contributed by atoms with Crippen LogP contribution >= 0.6 is 23.1 Å². The van der Waals surface area contributed by atoms with Gasteiger partial charge in [-0.15, -0.1) is 0 Å². The monoisotopic (exact) mass is 528 g/mol. The average molecular weight is 529 g/mol. The molecule has 1 atom stereocenters. The summed E-state index contributed by atoms with van der Waals surface area (Å²) in [5.74, 6) is 0.672. The van der Waals surface area contributed by atoms with Crippen molar-refractivity contribution in [2.24, 2.45) is 0 Å². The number of hydrogen-bond acceptors (Lipinski definition) is 6. The highest BCUT2D eigenvalue weighted by Gasteiger charge is 2.21. The second-order valence-corrected chi connectivity index (χ2v) is 11.2. The standard InChI is InChI=1S/C29H28N4O2S2/c1-5-35-22-14-15-23-24(16-22)37-28(30-23)33-27(34)19(4)36-29-31-25(20-10-6-17(2)7-11-20)26(32-29)21-12-8-18(3)9-13-21/h6-16,19H,5H2,1-4H3,(H,31,32)(H,30,33,34). The number of rotatable bonds is 8. The number of aromatic nitrogens is 3. The summed E-state index contributed by atoms with van der Waals surface area (Å²) >= 11 is 2.83. The lowest BCUT2D eigenvalue weighted by Gasteiger charge is -2.08. The Kier molecular flexibility index (Phi) is 7.30. The Bertz CT molecular complexity index is 1480. The molecule has 0 aliphatic rings. The number of H-pyrrole nitrogens is 1. The van der Waals surface area contributed by atoms with Crippen molar-refractivity contribution >= 4 is 44.4 Å². The average Bonchev–Trinajstić information content (AvgIpc) is 3.48. The molecule has 2 aromatic heterocycles. The first-order chi connectivity index (χ1) is 17.9. The second-order valence-electron chi connectivity index (χ2n) is 8.83. The first-order valence-electron chi connectivity index (χ1n) is 12.1. The van der Waals surface area contributed by atoms with Crippen LogP contribution in [0.25, 0.3) is 32.7 Å². The van der Waals surface area contributed by atoms with Crippen molar-refractivity contribution in [3.05, 3.63) is 77.9 Å². The molecule has 2 N–H and O–H groups in total. The molecular weight excluding hydrogens is 500 g/mol. The molecule has 5 rings (SSSR count). The van der Waals surface area contributed by atoms with E-state index in [2.05, 4.69) is 77.7 Å². The number of thiazole rings is 1. The molecule has 0 radical (unpaired) electrons. The molecule has 0 aliphatic heterocycles. The summed E-state index contributed by atoms with van der Waals surface area (Å²) in [5.41, 5.74) is 7.12. The van der Waals surface area contributed by atoms with Gasteiger partial charge in [0.15, 0.2) is 10.3 Å². The molecule has 0 bridgehead atoms. The summed E-state index contributed by atoms with van der Waals surface area (Å²) in [6, 6.07) is 22.5. The Morgan fingerprint density at radius 2 is 1.68 bits per heavy atom. The fourth-order valence-corrected chi connectivity index (χ4v) is 5.60. The van der Waals surface area contributed by atoms with Gasteiger partial charge >= 0.3 is 0 Å². The van der Waals surface area contributed by atoms with Crippen molar-refractivity contribution in [3.63, 3.8) is 0 Å². The van der Waals surface area contributed by atoms with Crippen LogP contribution in [0.2, 0.25) is 0 Å². The number of ether oxygens (including phenoxy) is 1. The number of thioether (sulfide) groups is 1. The number of benzene rings is 3. The molecule has 0 aliphatic carbocycles. The molecule has 0 spiro atoms. The number of aromatic amines is 1. The highest BCUT2D eigenvalue weighted by molar-refractivity contribution is 8.00. The van der Waals surface area contributed by atoms with Crippen molar-refractivity contribution in [2.45, 2.75) is 38.1 Å². The summed E-state index contributed by atoms with van der Waals surface area (Å²) < 4.78 is 6.54. The maximum atomic E-state index is 13.0. The number of fused-ring (bicyclic) bond motifs is 1. The van der Waals surface area contributed by atoms with Crippen LogP contribution in [0.1, 0.15) is 25.0 Å². The fourth-order valence-electron chi connectivity index (χ4n) is 3.90. The van der Waals surface area contributed by atoms with E-state index < -0.39 is 0 Å². The van der Waals surface area contributed by atoms with Crippen LogP contribution in [0.4, 0.5) is 5.13 Å². The molecule has 0 saturated carbocycles. The number of amides is 1. The van der Waals surface area contributed by atoms with Crippen molar-refractivity contribution in [3.8, 4) is 28.3 Å². The van der Waals surface area contributed by atoms with Crippen LogP contribution < -0.4 is 10.1 Å². The lowest BCUT2D eigenvalue weighted by atomic mass is 10.0. The van der Waals surface area contributed by atoms with Crippen LogP contribution in [0.3, 0.4) is 0 Å². The number of imidazole rings is 1. The summed E-state index contributed by atoms with van der Waals surface area (Å²) in [6.45, 7) is 8.57. The van der Waals surface area contributed by atoms with E-state index in [0.29, 0.717) is 16.9 Å². The largest absolute Gasteiger partial charge is 0.494 e. The molecule has 1 unspecified atom stereocenters. The minimum Gasteiger partial charge on any atom is -0.494 e. The number of nitrogens with one attached hydrogen (secondary N) is 2. The Hall–Kier alpha value is -3.62. The van der Waals surface area contributed by atoms with Gasteiger partial charge in [-0.2, -0.15) is 0 Å². The number of carbonyl (C=O) groups is 1. The third-order valence-corrected chi connectivity index (χ3v) is 7.82. The molecule has 6 nitrogen and oxygen atoms in total. The predicted octanol–water partition coefficient (Wildman–Crippen LogP) is 7.49. The van der Waals surface area contributed by atoms with Crippen LogP contribution in [0.15, 0.2) is 71.9 Å². The van der Waals surface area contributed by atoms with Gasteiger partial charge in [-0.1, -0.05) is 82.8 Å². The maximum absolute atomic E-state index is 13.0. The van der Waals surface area contributed by atoms with Crippen LogP contribution in [0.5, 0.6) is 5.75 Å². The molecule has 5 aromatic rings. The van der Waals surface area contributed by atoms with Crippen molar-refractivity contribution in [2.75, 3.05) is 11.9 Å². The Labute approximate surface area is 224 Å². The lowest BCUT2D eigenvalue weighted by Crippen LogP contribution is -2.22. The van der Waals surface area contributed by atoms with Gasteiger partial charge in [0.05, 0.1) is 33.5 Å². The highest BCUT2D eigenvalue weighted by Crippen LogP contribution is 2.35. The molecule has 0 saturated heterocycles. The number of anilines is 1. The van der Waals surface area contributed by atoms with E-state index in [1.807, 2.05) is 32.0 Å². The van der Waals surface area contributed by atoms with Gasteiger partial charge in [0, 0.05) is 11.1 Å². The summed E-state index contributed by atoms with van der Waals surface area (Å²) in [4.78, 5) is 26.0. The number of hydrogen-bond donors (Lipinski definition) is 2. The normalized spacial score (nSPS) is 12.0. The van der Waals surface area contributed by atoms with Crippen LogP contribution in [-0.4, -0.2) is 32.7 Å². The minimum atomic E-state index is -0.381. The second kappa shape index (κ2) is 10.8. The van der Waals surface area contributed by atoms with E-state index in [9.17, 15) is 4.79 Å². The van der Waals surface area contributed by atoms with E-state index in [0.717, 1.165) is 38.5 Å². The summed E-state index contributed by atoms with van der Waals surface area (Å²) in [6.07, 6.45) is 0. The predicted molar refractivity (Wildman–Crippen MR) is 154 cm³/mol. The van der Waals surface area contributed by atoms with Crippen molar-refractivity contribution in [1.29, 1.82) is 0 Å². The van der Waals surface area contributed by atoms with E-state index in [-0.39, 0.29) is 11.2 Å². The molecule has 3 aromatic carbocycles. The first kappa shape index (κ1) is 25.0. The summed E-state index contributed by atoms with van der Waals surface area (Å²) in [7, 11) is 0. The molecule has 8 heteroatoms. The van der Waals surface area contributed by atoms with Crippen molar-refractivity contribution < 1.29 is 9.53 Å². The number of aryl methyl sites for hydroxylation is 2. The quantitative estimate of drug-likeness (QED) is 0.204. The van der Waals surface area contributed by atoms with Gasteiger partial charge in [0.2, 0.25) is 5.91 Å². The SMILES string of the molecule is CCOc1ccc2nc(NC(=O)C(C)Sc3nc(-c4ccc(C)cc4)c(-c4ccc(C)cc4)[nH]3)sc2c1. The van der Waals surface area contributed by atoms with Crippen molar-refractivity contribution in [1.82, 2.24) is 15.0 Å². The fraction of sp³-hybridized carbons (Fsp3) is 0.207.